The van der Waals surface area contributed by atoms with Crippen molar-refractivity contribution in [3.63, 3.8) is 0 Å². The number of hydrogen-bond acceptors (Lipinski definition) is 1. The van der Waals surface area contributed by atoms with Gasteiger partial charge in [0.25, 0.3) is 0 Å². The first-order chi connectivity index (χ1) is 5.68. The summed E-state index contributed by atoms with van der Waals surface area (Å²) in [5.74, 6) is 0.822. The molecule has 1 aliphatic rings. The molecule has 0 aliphatic carbocycles. The first-order valence-corrected chi connectivity index (χ1v) is 5.02. The summed E-state index contributed by atoms with van der Waals surface area (Å²) in [7, 11) is 2.23. The third-order valence-corrected chi connectivity index (χ3v) is 2.60. The molecule has 0 saturated carbocycles. The minimum Gasteiger partial charge on any atom is -0.306 e. The molecule has 0 bridgehead atoms. The summed E-state index contributed by atoms with van der Waals surface area (Å²) in [4.78, 5) is 2.46. The Labute approximate surface area is 76.5 Å². The highest BCUT2D eigenvalue weighted by Gasteiger charge is 2.07. The van der Waals surface area contributed by atoms with Gasteiger partial charge in [0.2, 0.25) is 0 Å². The van der Waals surface area contributed by atoms with Crippen LogP contribution in [-0.2, 0) is 0 Å². The fourth-order valence-electron chi connectivity index (χ4n) is 1.83. The molecule has 0 amide bonds. The number of rotatable bonds is 0. The van der Waals surface area contributed by atoms with E-state index in [2.05, 4.69) is 31.9 Å². The van der Waals surface area contributed by atoms with E-state index >= 15 is 0 Å². The second-order valence-electron chi connectivity index (χ2n) is 4.26. The quantitative estimate of drug-likeness (QED) is 0.501. The van der Waals surface area contributed by atoms with Crippen molar-refractivity contribution in [1.82, 2.24) is 4.90 Å². The average Bonchev–Trinajstić information content (AvgIpc) is 2.05. The minimum atomic E-state index is 0.822. The van der Waals surface area contributed by atoms with Crippen molar-refractivity contribution < 1.29 is 0 Å². The average molecular weight is 167 g/mol. The van der Waals surface area contributed by atoms with E-state index in [1.54, 1.807) is 5.57 Å². The van der Waals surface area contributed by atoms with Crippen LogP contribution >= 0.6 is 0 Å². The van der Waals surface area contributed by atoms with Gasteiger partial charge >= 0.3 is 0 Å². The second kappa shape index (κ2) is 4.66. The Morgan fingerprint density at radius 2 is 2.25 bits per heavy atom. The fraction of sp³-hybridized carbons (Fsp3) is 0.818. The molecule has 12 heavy (non-hydrogen) atoms. The normalized spacial score (nSPS) is 32.9. The van der Waals surface area contributed by atoms with Crippen molar-refractivity contribution in [2.45, 2.75) is 33.1 Å². The van der Waals surface area contributed by atoms with Crippen LogP contribution in [0.4, 0.5) is 0 Å². The SMILES string of the molecule is C/C1=C/CC(C)CN(C)CCC1. The zero-order chi connectivity index (χ0) is 8.97. The molecule has 0 aromatic rings. The zero-order valence-electron chi connectivity index (χ0n) is 8.64. The van der Waals surface area contributed by atoms with E-state index in [0.29, 0.717) is 0 Å². The Morgan fingerprint density at radius 3 is 3.00 bits per heavy atom. The second-order valence-corrected chi connectivity index (χ2v) is 4.26. The van der Waals surface area contributed by atoms with Crippen LogP contribution in [0.3, 0.4) is 0 Å². The molecular formula is C11H21N. The smallest absolute Gasteiger partial charge is 0.000693 e. The first kappa shape index (κ1) is 9.79. The molecule has 1 nitrogen and oxygen atoms in total. The maximum atomic E-state index is 2.46. The van der Waals surface area contributed by atoms with Crippen molar-refractivity contribution >= 4 is 0 Å². The van der Waals surface area contributed by atoms with Gasteiger partial charge in [-0.25, -0.2) is 0 Å². The van der Waals surface area contributed by atoms with Gasteiger partial charge in [0.1, 0.15) is 0 Å². The van der Waals surface area contributed by atoms with Crippen LogP contribution in [-0.4, -0.2) is 25.0 Å². The topological polar surface area (TPSA) is 3.24 Å². The van der Waals surface area contributed by atoms with Crippen LogP contribution in [0.25, 0.3) is 0 Å². The summed E-state index contributed by atoms with van der Waals surface area (Å²) in [6.07, 6.45) is 6.29. The Hall–Kier alpha value is -0.300. The lowest BCUT2D eigenvalue weighted by Gasteiger charge is -2.18. The van der Waals surface area contributed by atoms with Crippen molar-refractivity contribution in [3.05, 3.63) is 11.6 Å². The third kappa shape index (κ3) is 3.40. The van der Waals surface area contributed by atoms with Crippen molar-refractivity contribution in [1.29, 1.82) is 0 Å². The third-order valence-electron chi connectivity index (χ3n) is 2.60. The van der Waals surface area contributed by atoms with Crippen molar-refractivity contribution in [2.24, 2.45) is 5.92 Å². The molecule has 0 spiro atoms. The van der Waals surface area contributed by atoms with Gasteiger partial charge in [0.15, 0.2) is 0 Å². The Morgan fingerprint density at radius 1 is 1.50 bits per heavy atom. The monoisotopic (exact) mass is 167 g/mol. The van der Waals surface area contributed by atoms with Gasteiger partial charge in [-0.15, -0.1) is 0 Å². The van der Waals surface area contributed by atoms with Gasteiger partial charge in [-0.2, -0.15) is 0 Å². The summed E-state index contributed by atoms with van der Waals surface area (Å²) in [6.45, 7) is 7.11. The highest BCUT2D eigenvalue weighted by atomic mass is 15.1. The molecule has 70 valence electrons. The summed E-state index contributed by atoms with van der Waals surface area (Å²) >= 11 is 0. The maximum absolute atomic E-state index is 2.46. The van der Waals surface area contributed by atoms with E-state index in [1.807, 2.05) is 0 Å². The predicted molar refractivity (Wildman–Crippen MR) is 54.3 cm³/mol. The predicted octanol–water partition coefficient (Wildman–Crippen LogP) is 2.68. The summed E-state index contributed by atoms with van der Waals surface area (Å²) in [6, 6.07) is 0. The van der Waals surface area contributed by atoms with Gasteiger partial charge in [-0.05, 0) is 45.7 Å². The molecule has 0 aromatic carbocycles. The molecule has 1 atom stereocenters. The van der Waals surface area contributed by atoms with Gasteiger partial charge in [0, 0.05) is 6.54 Å². The molecule has 0 aromatic heterocycles. The highest BCUT2D eigenvalue weighted by molar-refractivity contribution is 4.99. The van der Waals surface area contributed by atoms with E-state index in [9.17, 15) is 0 Å². The van der Waals surface area contributed by atoms with Crippen LogP contribution < -0.4 is 0 Å². The van der Waals surface area contributed by atoms with Crippen molar-refractivity contribution in [2.75, 3.05) is 20.1 Å². The highest BCUT2D eigenvalue weighted by Crippen LogP contribution is 2.13. The van der Waals surface area contributed by atoms with Crippen LogP contribution in [0.5, 0.6) is 0 Å². The Kier molecular flexibility index (Phi) is 3.80. The van der Waals surface area contributed by atoms with Crippen LogP contribution in [0.1, 0.15) is 33.1 Å². The molecular weight excluding hydrogens is 146 g/mol. The van der Waals surface area contributed by atoms with Gasteiger partial charge in [0.05, 0.1) is 0 Å². The molecule has 0 N–H and O–H groups in total. The lowest BCUT2D eigenvalue weighted by molar-refractivity contribution is 0.287. The Balaban J connectivity index is 2.47. The first-order valence-electron chi connectivity index (χ1n) is 5.02. The van der Waals surface area contributed by atoms with E-state index < -0.39 is 0 Å². The fourth-order valence-corrected chi connectivity index (χ4v) is 1.83. The Bertz CT molecular complexity index is 160. The van der Waals surface area contributed by atoms with Crippen molar-refractivity contribution in [3.8, 4) is 0 Å². The molecule has 1 rings (SSSR count). The van der Waals surface area contributed by atoms with E-state index in [-0.39, 0.29) is 0 Å². The maximum Gasteiger partial charge on any atom is 0.000693 e. The van der Waals surface area contributed by atoms with E-state index in [0.717, 1.165) is 5.92 Å². The summed E-state index contributed by atoms with van der Waals surface area (Å²) in [5, 5.41) is 0. The van der Waals surface area contributed by atoms with Crippen LogP contribution in [0, 0.1) is 5.92 Å². The lowest BCUT2D eigenvalue weighted by Crippen LogP contribution is -2.24. The largest absolute Gasteiger partial charge is 0.306 e. The summed E-state index contributed by atoms with van der Waals surface area (Å²) < 4.78 is 0. The lowest BCUT2D eigenvalue weighted by atomic mass is 10.1. The van der Waals surface area contributed by atoms with Gasteiger partial charge < -0.3 is 4.90 Å². The molecule has 0 radical (unpaired) electrons. The van der Waals surface area contributed by atoms with Gasteiger partial charge in [-0.1, -0.05) is 18.6 Å². The number of nitrogens with zero attached hydrogens (tertiary/aromatic N) is 1. The minimum absolute atomic E-state index is 0.822. The molecule has 1 unspecified atom stereocenters. The number of hydrogen-bond donors (Lipinski definition) is 0. The summed E-state index contributed by atoms with van der Waals surface area (Å²) in [5.41, 5.74) is 1.58. The van der Waals surface area contributed by atoms with Gasteiger partial charge in [-0.3, -0.25) is 0 Å². The molecule has 1 aliphatic heterocycles. The molecule has 1 heteroatoms. The van der Waals surface area contributed by atoms with Crippen LogP contribution in [0.2, 0.25) is 0 Å². The van der Waals surface area contributed by atoms with E-state index in [4.69, 9.17) is 0 Å². The molecule has 1 heterocycles. The zero-order valence-corrected chi connectivity index (χ0v) is 8.64. The van der Waals surface area contributed by atoms with Crippen LogP contribution in [0.15, 0.2) is 11.6 Å². The molecule has 0 saturated heterocycles. The van der Waals surface area contributed by atoms with E-state index in [1.165, 1.54) is 32.4 Å². The number of allylic oxidation sites excluding steroid dienone is 2. The standard InChI is InChI=1S/C11H21N/c1-10-5-4-8-12(3)9-11(2)7-6-10/h6,11H,4-5,7-9H2,1-3H3/b10-6-. The molecule has 0 fully saturated rings.